The fraction of sp³-hybridized carbons (Fsp3) is 0.625. The summed E-state index contributed by atoms with van der Waals surface area (Å²) in [5, 5.41) is 3.17. The molecular formula is C16H26N2O2S. The highest BCUT2D eigenvalue weighted by molar-refractivity contribution is 7.89. The Hall–Kier alpha value is -1.07. The molecule has 1 aliphatic rings. The molecule has 1 aliphatic heterocycles. The molecule has 1 N–H and O–H groups in total. The summed E-state index contributed by atoms with van der Waals surface area (Å²) in [6.45, 7) is 10.6. The van der Waals surface area contributed by atoms with Gasteiger partial charge in [-0.2, -0.15) is 4.31 Å². The maximum atomic E-state index is 12.7. The van der Waals surface area contributed by atoms with Crippen LogP contribution in [0.25, 0.3) is 0 Å². The van der Waals surface area contributed by atoms with E-state index in [0.29, 0.717) is 23.9 Å². The lowest BCUT2D eigenvalue weighted by Crippen LogP contribution is -2.31. The molecule has 21 heavy (non-hydrogen) atoms. The third-order valence-corrected chi connectivity index (χ3v) is 6.13. The number of hydrogen-bond acceptors (Lipinski definition) is 3. The number of hydrogen-bond donors (Lipinski definition) is 1. The van der Waals surface area contributed by atoms with Crippen LogP contribution in [0.5, 0.6) is 0 Å². The first-order valence-corrected chi connectivity index (χ1v) is 9.03. The van der Waals surface area contributed by atoms with Gasteiger partial charge in [-0.1, -0.05) is 20.8 Å². The second kappa shape index (κ2) is 5.97. The molecule has 1 aromatic rings. The Balaban J connectivity index is 2.15. The zero-order valence-electron chi connectivity index (χ0n) is 13.4. The number of nitrogens with one attached hydrogen (secondary N) is 1. The first-order chi connectivity index (χ1) is 9.75. The molecule has 0 radical (unpaired) electrons. The van der Waals surface area contributed by atoms with Gasteiger partial charge in [0, 0.05) is 25.3 Å². The normalized spacial score (nSPS) is 20.7. The average Bonchev–Trinajstić information content (AvgIpc) is 2.90. The third-order valence-electron chi connectivity index (χ3n) is 4.25. The first-order valence-electron chi connectivity index (χ1n) is 7.59. The van der Waals surface area contributed by atoms with E-state index in [1.54, 1.807) is 16.4 Å². The zero-order valence-corrected chi connectivity index (χ0v) is 14.2. The van der Waals surface area contributed by atoms with E-state index in [0.717, 1.165) is 18.7 Å². The number of nitrogens with zero attached hydrogens (tertiary/aromatic N) is 1. The van der Waals surface area contributed by atoms with Crippen LogP contribution in [0, 0.1) is 11.3 Å². The van der Waals surface area contributed by atoms with Gasteiger partial charge in [0.1, 0.15) is 0 Å². The standard InChI is InChI=1S/C16H26N2O2S/c1-5-17-14-6-8-15(9-7-14)21(19,20)18-11-10-13(12-18)16(2,3)4/h6-9,13,17H,5,10-12H2,1-4H3. The second-order valence-corrected chi connectivity index (χ2v) is 8.71. The average molecular weight is 310 g/mol. The van der Waals surface area contributed by atoms with E-state index in [1.165, 1.54) is 0 Å². The van der Waals surface area contributed by atoms with Crippen LogP contribution in [-0.2, 0) is 10.0 Å². The first kappa shape index (κ1) is 16.3. The molecule has 5 heteroatoms. The highest BCUT2D eigenvalue weighted by atomic mass is 32.2. The van der Waals surface area contributed by atoms with Crippen LogP contribution in [0.3, 0.4) is 0 Å². The molecule has 1 atom stereocenters. The predicted octanol–water partition coefficient (Wildman–Crippen LogP) is 3.18. The molecule has 0 amide bonds. The SMILES string of the molecule is CCNc1ccc(S(=O)(=O)N2CCC(C(C)(C)C)C2)cc1. The molecule has 0 bridgehead atoms. The van der Waals surface area contributed by atoms with Crippen LogP contribution in [0.4, 0.5) is 5.69 Å². The van der Waals surface area contributed by atoms with Crippen molar-refractivity contribution in [3.8, 4) is 0 Å². The Morgan fingerprint density at radius 3 is 2.33 bits per heavy atom. The second-order valence-electron chi connectivity index (χ2n) is 6.77. The third kappa shape index (κ3) is 3.58. The van der Waals surface area contributed by atoms with Gasteiger partial charge in [0.15, 0.2) is 0 Å². The Morgan fingerprint density at radius 1 is 1.24 bits per heavy atom. The molecule has 1 fully saturated rings. The van der Waals surface area contributed by atoms with Crippen molar-refractivity contribution in [2.45, 2.75) is 39.0 Å². The molecule has 118 valence electrons. The summed E-state index contributed by atoms with van der Waals surface area (Å²) in [6, 6.07) is 7.04. The lowest BCUT2D eigenvalue weighted by Gasteiger charge is -2.26. The highest BCUT2D eigenvalue weighted by Crippen LogP contribution is 2.35. The molecule has 1 unspecified atom stereocenters. The van der Waals surface area contributed by atoms with Crippen LogP contribution in [0.2, 0.25) is 0 Å². The Labute approximate surface area is 128 Å². The smallest absolute Gasteiger partial charge is 0.243 e. The van der Waals surface area contributed by atoms with Crippen LogP contribution in [0.15, 0.2) is 29.2 Å². The van der Waals surface area contributed by atoms with Crippen molar-refractivity contribution in [1.29, 1.82) is 0 Å². The van der Waals surface area contributed by atoms with E-state index in [9.17, 15) is 8.42 Å². The number of benzene rings is 1. The van der Waals surface area contributed by atoms with Gasteiger partial charge >= 0.3 is 0 Å². The predicted molar refractivity (Wildman–Crippen MR) is 86.9 cm³/mol. The van der Waals surface area contributed by atoms with Gasteiger partial charge in [0.25, 0.3) is 0 Å². The van der Waals surface area contributed by atoms with E-state index in [4.69, 9.17) is 0 Å². The van der Waals surface area contributed by atoms with Gasteiger partial charge in [-0.05, 0) is 48.9 Å². The fourth-order valence-corrected chi connectivity index (χ4v) is 4.25. The quantitative estimate of drug-likeness (QED) is 0.929. The number of anilines is 1. The Bertz CT molecular complexity index is 573. The fourth-order valence-electron chi connectivity index (χ4n) is 2.75. The Morgan fingerprint density at radius 2 is 1.86 bits per heavy atom. The van der Waals surface area contributed by atoms with Crippen molar-refractivity contribution in [3.63, 3.8) is 0 Å². The minimum atomic E-state index is -3.36. The summed E-state index contributed by atoms with van der Waals surface area (Å²) in [6.07, 6.45) is 0.943. The molecule has 1 aromatic carbocycles. The molecule has 0 aliphatic carbocycles. The van der Waals surface area contributed by atoms with Crippen molar-refractivity contribution < 1.29 is 8.42 Å². The lowest BCUT2D eigenvalue weighted by molar-refractivity contribution is 0.252. The van der Waals surface area contributed by atoms with E-state index < -0.39 is 10.0 Å². The summed E-state index contributed by atoms with van der Waals surface area (Å²) in [5.74, 6) is 0.424. The van der Waals surface area contributed by atoms with E-state index >= 15 is 0 Å². The Kier molecular flexibility index (Phi) is 4.63. The van der Waals surface area contributed by atoms with Gasteiger partial charge in [0.05, 0.1) is 4.90 Å². The highest BCUT2D eigenvalue weighted by Gasteiger charge is 2.37. The van der Waals surface area contributed by atoms with Crippen molar-refractivity contribution in [3.05, 3.63) is 24.3 Å². The minimum Gasteiger partial charge on any atom is -0.385 e. The van der Waals surface area contributed by atoms with Crippen LogP contribution < -0.4 is 5.32 Å². The van der Waals surface area contributed by atoms with E-state index in [2.05, 4.69) is 26.1 Å². The van der Waals surface area contributed by atoms with Gasteiger partial charge in [-0.25, -0.2) is 8.42 Å². The van der Waals surface area contributed by atoms with E-state index in [1.807, 2.05) is 19.1 Å². The molecule has 4 nitrogen and oxygen atoms in total. The summed E-state index contributed by atoms with van der Waals surface area (Å²) in [7, 11) is -3.36. The number of rotatable bonds is 4. The molecule has 1 heterocycles. The lowest BCUT2D eigenvalue weighted by atomic mass is 9.80. The van der Waals surface area contributed by atoms with E-state index in [-0.39, 0.29) is 5.41 Å². The van der Waals surface area contributed by atoms with Crippen molar-refractivity contribution in [2.75, 3.05) is 25.0 Å². The van der Waals surface area contributed by atoms with Crippen molar-refractivity contribution >= 4 is 15.7 Å². The van der Waals surface area contributed by atoms with Crippen molar-refractivity contribution in [1.82, 2.24) is 4.31 Å². The number of sulfonamides is 1. The molecule has 0 spiro atoms. The van der Waals surface area contributed by atoms with Crippen LogP contribution >= 0.6 is 0 Å². The maximum Gasteiger partial charge on any atom is 0.243 e. The minimum absolute atomic E-state index is 0.152. The zero-order chi connectivity index (χ0) is 15.7. The molecular weight excluding hydrogens is 284 g/mol. The molecule has 0 aromatic heterocycles. The van der Waals surface area contributed by atoms with Gasteiger partial charge in [-0.15, -0.1) is 0 Å². The van der Waals surface area contributed by atoms with Crippen LogP contribution in [0.1, 0.15) is 34.1 Å². The molecule has 0 saturated carbocycles. The summed E-state index contributed by atoms with van der Waals surface area (Å²) >= 11 is 0. The van der Waals surface area contributed by atoms with Crippen molar-refractivity contribution in [2.24, 2.45) is 11.3 Å². The van der Waals surface area contributed by atoms with Gasteiger partial charge in [0.2, 0.25) is 10.0 Å². The summed E-state index contributed by atoms with van der Waals surface area (Å²) in [5.41, 5.74) is 1.10. The summed E-state index contributed by atoms with van der Waals surface area (Å²) < 4.78 is 27.0. The maximum absolute atomic E-state index is 12.7. The van der Waals surface area contributed by atoms with Crippen LogP contribution in [-0.4, -0.2) is 32.4 Å². The molecule has 1 saturated heterocycles. The molecule has 2 rings (SSSR count). The largest absolute Gasteiger partial charge is 0.385 e. The van der Waals surface area contributed by atoms with Gasteiger partial charge < -0.3 is 5.32 Å². The topological polar surface area (TPSA) is 49.4 Å². The summed E-state index contributed by atoms with van der Waals surface area (Å²) in [4.78, 5) is 0.388. The monoisotopic (exact) mass is 310 g/mol. The van der Waals surface area contributed by atoms with Gasteiger partial charge in [-0.3, -0.25) is 0 Å².